The van der Waals surface area contributed by atoms with Crippen LogP contribution in [-0.4, -0.2) is 24.5 Å². The number of hydrogen-bond acceptors (Lipinski definition) is 5. The number of carbonyl (C=O) groups excluding carboxylic acids is 1. The van der Waals surface area contributed by atoms with Gasteiger partial charge in [-0.3, -0.25) is 9.80 Å². The Labute approximate surface area is 158 Å². The standard InChI is InChI=1S/C21H23N3O3/c25-21(23-27-20-13-7-8-14-26-20)18-15-19(16-9-3-1-4-10-16)24(22-18)17-11-5-2-6-12-17/h1-6,9-12,19-20H,7-8,13-15H2,(H,23,25)/t19-,20-/m1/s1. The fourth-order valence-corrected chi connectivity index (χ4v) is 3.38. The van der Waals surface area contributed by atoms with E-state index < -0.39 is 0 Å². The molecular formula is C21H23N3O3. The van der Waals surface area contributed by atoms with Crippen molar-refractivity contribution in [2.45, 2.75) is 38.0 Å². The number of hydrogen-bond donors (Lipinski definition) is 1. The molecular weight excluding hydrogens is 342 g/mol. The van der Waals surface area contributed by atoms with Gasteiger partial charge in [-0.15, -0.1) is 0 Å². The van der Waals surface area contributed by atoms with Crippen LogP contribution in [0.3, 0.4) is 0 Å². The lowest BCUT2D eigenvalue weighted by atomic mass is 10.0. The number of nitrogens with one attached hydrogen (secondary N) is 1. The highest BCUT2D eigenvalue weighted by atomic mass is 16.8. The van der Waals surface area contributed by atoms with E-state index in [4.69, 9.17) is 9.57 Å². The molecule has 2 aromatic carbocycles. The number of nitrogens with zero attached hydrogens (tertiary/aromatic N) is 2. The minimum absolute atomic E-state index is 0.0275. The molecule has 2 aliphatic rings. The average Bonchev–Trinajstić information content (AvgIpc) is 3.20. The average molecular weight is 365 g/mol. The van der Waals surface area contributed by atoms with Crippen molar-refractivity contribution in [2.24, 2.45) is 5.10 Å². The van der Waals surface area contributed by atoms with Crippen LogP contribution >= 0.6 is 0 Å². The summed E-state index contributed by atoms with van der Waals surface area (Å²) in [5.41, 5.74) is 5.03. The first-order valence-corrected chi connectivity index (χ1v) is 9.35. The number of carbonyl (C=O) groups is 1. The van der Waals surface area contributed by atoms with Crippen molar-refractivity contribution in [3.8, 4) is 0 Å². The number of hydrazone groups is 1. The minimum Gasteiger partial charge on any atom is -0.350 e. The summed E-state index contributed by atoms with van der Waals surface area (Å²) < 4.78 is 5.48. The summed E-state index contributed by atoms with van der Waals surface area (Å²) in [6.07, 6.45) is 3.00. The zero-order valence-corrected chi connectivity index (χ0v) is 15.1. The van der Waals surface area contributed by atoms with Crippen LogP contribution in [0, 0.1) is 0 Å². The second kappa shape index (κ2) is 8.33. The molecule has 0 unspecified atom stereocenters. The Balaban J connectivity index is 1.50. The second-order valence-corrected chi connectivity index (χ2v) is 6.70. The minimum atomic E-state index is -0.375. The molecule has 4 rings (SSSR count). The highest BCUT2D eigenvalue weighted by Crippen LogP contribution is 2.35. The number of para-hydroxylation sites is 1. The summed E-state index contributed by atoms with van der Waals surface area (Å²) >= 11 is 0. The van der Waals surface area contributed by atoms with Crippen molar-refractivity contribution in [2.75, 3.05) is 11.6 Å². The normalized spacial score (nSPS) is 22.4. The molecule has 6 nitrogen and oxygen atoms in total. The maximum Gasteiger partial charge on any atom is 0.291 e. The monoisotopic (exact) mass is 365 g/mol. The Kier molecular flexibility index (Phi) is 5.46. The van der Waals surface area contributed by atoms with Gasteiger partial charge in [0.2, 0.25) is 0 Å². The van der Waals surface area contributed by atoms with Crippen molar-refractivity contribution in [1.29, 1.82) is 0 Å². The Morgan fingerprint density at radius 1 is 1.07 bits per heavy atom. The third-order valence-electron chi connectivity index (χ3n) is 4.80. The van der Waals surface area contributed by atoms with E-state index in [1.807, 2.05) is 53.5 Å². The number of ether oxygens (including phenoxy) is 1. The molecule has 2 atom stereocenters. The molecule has 0 radical (unpaired) electrons. The van der Waals surface area contributed by atoms with Gasteiger partial charge < -0.3 is 4.74 Å². The Morgan fingerprint density at radius 2 is 1.81 bits per heavy atom. The van der Waals surface area contributed by atoms with E-state index in [2.05, 4.69) is 22.7 Å². The van der Waals surface area contributed by atoms with Gasteiger partial charge in [-0.1, -0.05) is 48.5 Å². The first kappa shape index (κ1) is 17.7. The summed E-state index contributed by atoms with van der Waals surface area (Å²) in [6, 6.07) is 20.0. The zero-order chi connectivity index (χ0) is 18.5. The molecule has 1 N–H and O–H groups in total. The lowest BCUT2D eigenvalue weighted by Crippen LogP contribution is -2.36. The lowest BCUT2D eigenvalue weighted by Gasteiger charge is -2.23. The molecule has 1 fully saturated rings. The molecule has 0 aromatic heterocycles. The number of anilines is 1. The van der Waals surface area contributed by atoms with Gasteiger partial charge in [0.05, 0.1) is 11.7 Å². The quantitative estimate of drug-likeness (QED) is 0.823. The van der Waals surface area contributed by atoms with Gasteiger partial charge in [0.15, 0.2) is 6.29 Å². The van der Waals surface area contributed by atoms with Crippen LogP contribution < -0.4 is 10.5 Å². The van der Waals surface area contributed by atoms with E-state index in [0.29, 0.717) is 18.7 Å². The molecule has 1 amide bonds. The number of amides is 1. The summed E-state index contributed by atoms with van der Waals surface area (Å²) in [5.74, 6) is -0.316. The molecule has 27 heavy (non-hydrogen) atoms. The predicted octanol–water partition coefficient (Wildman–Crippen LogP) is 3.57. The molecule has 1 saturated heterocycles. The van der Waals surface area contributed by atoms with E-state index in [0.717, 1.165) is 30.5 Å². The van der Waals surface area contributed by atoms with Gasteiger partial charge in [0, 0.05) is 19.4 Å². The maximum atomic E-state index is 12.6. The van der Waals surface area contributed by atoms with Crippen molar-refractivity contribution in [3.63, 3.8) is 0 Å². The van der Waals surface area contributed by atoms with Crippen LogP contribution in [0.1, 0.15) is 37.3 Å². The van der Waals surface area contributed by atoms with Crippen molar-refractivity contribution < 1.29 is 14.4 Å². The number of hydroxylamine groups is 1. The smallest absolute Gasteiger partial charge is 0.291 e. The van der Waals surface area contributed by atoms with Gasteiger partial charge in [-0.05, 0) is 30.5 Å². The first-order valence-electron chi connectivity index (χ1n) is 9.35. The Hall–Kier alpha value is -2.70. The topological polar surface area (TPSA) is 63.2 Å². The number of benzene rings is 2. The van der Waals surface area contributed by atoms with E-state index in [9.17, 15) is 4.79 Å². The largest absolute Gasteiger partial charge is 0.350 e. The first-order chi connectivity index (χ1) is 13.3. The van der Waals surface area contributed by atoms with Gasteiger partial charge >= 0.3 is 0 Å². The van der Waals surface area contributed by atoms with E-state index in [1.165, 1.54) is 0 Å². The highest BCUT2D eigenvalue weighted by Gasteiger charge is 2.32. The molecule has 0 saturated carbocycles. The molecule has 0 spiro atoms. The fraction of sp³-hybridized carbons (Fsp3) is 0.333. The molecule has 6 heteroatoms. The van der Waals surface area contributed by atoms with Crippen molar-refractivity contribution >= 4 is 17.3 Å². The van der Waals surface area contributed by atoms with E-state index in [1.54, 1.807) is 0 Å². The SMILES string of the molecule is O=C(NO[C@@H]1CCCCO1)C1=NN(c2ccccc2)[C@@H](c2ccccc2)C1. The van der Waals surface area contributed by atoms with Gasteiger partial charge in [-0.25, -0.2) is 10.3 Å². The summed E-state index contributed by atoms with van der Waals surface area (Å²) in [6.45, 7) is 0.666. The third kappa shape index (κ3) is 4.18. The Morgan fingerprint density at radius 3 is 2.52 bits per heavy atom. The van der Waals surface area contributed by atoms with Crippen LogP contribution in [0.5, 0.6) is 0 Å². The van der Waals surface area contributed by atoms with Gasteiger partial charge in [-0.2, -0.15) is 5.10 Å². The zero-order valence-electron chi connectivity index (χ0n) is 15.1. The number of rotatable bonds is 5. The lowest BCUT2D eigenvalue weighted by molar-refractivity contribution is -0.197. The van der Waals surface area contributed by atoms with Crippen LogP contribution in [0.2, 0.25) is 0 Å². The van der Waals surface area contributed by atoms with Gasteiger partial charge in [0.25, 0.3) is 5.91 Å². The fourth-order valence-electron chi connectivity index (χ4n) is 3.38. The van der Waals surface area contributed by atoms with E-state index >= 15 is 0 Å². The molecule has 140 valence electrons. The van der Waals surface area contributed by atoms with Crippen LogP contribution in [0.25, 0.3) is 0 Å². The Bertz CT molecular complexity index is 789. The summed E-state index contributed by atoms with van der Waals surface area (Å²) in [7, 11) is 0. The van der Waals surface area contributed by atoms with E-state index in [-0.39, 0.29) is 18.2 Å². The summed E-state index contributed by atoms with van der Waals surface area (Å²) in [5, 5.41) is 6.50. The summed E-state index contributed by atoms with van der Waals surface area (Å²) in [4.78, 5) is 18.0. The third-order valence-corrected chi connectivity index (χ3v) is 4.80. The van der Waals surface area contributed by atoms with Crippen molar-refractivity contribution in [3.05, 3.63) is 66.2 Å². The molecule has 2 heterocycles. The predicted molar refractivity (Wildman–Crippen MR) is 103 cm³/mol. The molecule has 2 aliphatic heterocycles. The van der Waals surface area contributed by atoms with Crippen LogP contribution in [0.4, 0.5) is 5.69 Å². The second-order valence-electron chi connectivity index (χ2n) is 6.70. The van der Waals surface area contributed by atoms with Crippen LogP contribution in [-0.2, 0) is 14.4 Å². The maximum absolute atomic E-state index is 12.6. The van der Waals surface area contributed by atoms with Gasteiger partial charge in [0.1, 0.15) is 5.71 Å². The van der Waals surface area contributed by atoms with Crippen LogP contribution in [0.15, 0.2) is 65.8 Å². The van der Waals surface area contributed by atoms with Crippen molar-refractivity contribution in [1.82, 2.24) is 5.48 Å². The highest BCUT2D eigenvalue weighted by molar-refractivity contribution is 6.39. The molecule has 0 bridgehead atoms. The molecule has 0 aliphatic carbocycles. The molecule has 2 aromatic rings.